The van der Waals surface area contributed by atoms with Crippen molar-refractivity contribution < 1.29 is 14.4 Å². The van der Waals surface area contributed by atoms with Gasteiger partial charge in [-0.05, 0) is 74.3 Å². The largest absolute Gasteiger partial charge is 0.333 e. The summed E-state index contributed by atoms with van der Waals surface area (Å²) in [5.74, 6) is 11.7. The van der Waals surface area contributed by atoms with Gasteiger partial charge in [-0.15, -0.1) is 0 Å². The summed E-state index contributed by atoms with van der Waals surface area (Å²) in [4.78, 5) is 29.7. The number of hydrogen-bond donors (Lipinski definition) is 4. The molecule has 1 fully saturated rings. The SMILES string of the molecule is C=O.C=O.CN.Cc1ccc(S/C(=N/N)N(C)N)c(C(=O)Nc2ccc(C3CCCCC3)cc2)c1. The van der Waals surface area contributed by atoms with Crippen molar-refractivity contribution in [3.63, 3.8) is 0 Å². The highest BCUT2D eigenvalue weighted by molar-refractivity contribution is 8.13. The van der Waals surface area contributed by atoms with Crippen LogP contribution in [0.3, 0.4) is 0 Å². The second-order valence-corrected chi connectivity index (χ2v) is 8.54. The van der Waals surface area contributed by atoms with Crippen molar-refractivity contribution in [2.24, 2.45) is 22.5 Å². The van der Waals surface area contributed by atoms with Gasteiger partial charge in [0.15, 0.2) is 0 Å². The molecule has 1 saturated carbocycles. The molecule has 1 aliphatic rings. The third-order valence-electron chi connectivity index (χ3n) is 5.24. The highest BCUT2D eigenvalue weighted by Gasteiger charge is 2.17. The number of nitrogens with zero attached hydrogens (tertiary/aromatic N) is 2. The number of carbonyl (C=O) groups excluding carboxylic acids is 3. The Morgan fingerprint density at radius 1 is 1.03 bits per heavy atom. The summed E-state index contributed by atoms with van der Waals surface area (Å²) in [6.45, 7) is 5.96. The first kappa shape index (κ1) is 31.8. The maximum atomic E-state index is 13.0. The molecular formula is C25H38N6O3S. The zero-order chi connectivity index (χ0) is 26.8. The fourth-order valence-electron chi connectivity index (χ4n) is 3.67. The molecule has 0 radical (unpaired) electrons. The lowest BCUT2D eigenvalue weighted by atomic mass is 9.84. The van der Waals surface area contributed by atoms with E-state index in [4.69, 9.17) is 21.3 Å². The number of amidine groups is 1. The van der Waals surface area contributed by atoms with Crippen LogP contribution in [0.4, 0.5) is 5.69 Å². The zero-order valence-electron chi connectivity index (χ0n) is 20.8. The first-order chi connectivity index (χ1) is 17.0. The normalized spacial score (nSPS) is 13.0. The molecule has 3 rings (SSSR count). The van der Waals surface area contributed by atoms with Crippen molar-refractivity contribution in [3.05, 3.63) is 59.2 Å². The van der Waals surface area contributed by atoms with Crippen molar-refractivity contribution in [2.45, 2.75) is 49.8 Å². The van der Waals surface area contributed by atoms with Crippen LogP contribution < -0.4 is 22.7 Å². The first-order valence-electron chi connectivity index (χ1n) is 11.1. The number of thioether (sulfide) groups is 1. The molecule has 0 atom stereocenters. The topological polar surface area (TPSA) is 157 Å². The van der Waals surface area contributed by atoms with Crippen LogP contribution in [-0.4, -0.2) is 43.8 Å². The number of benzene rings is 2. The second kappa shape index (κ2) is 18.2. The molecule has 35 heavy (non-hydrogen) atoms. The van der Waals surface area contributed by atoms with Crippen molar-refractivity contribution in [1.29, 1.82) is 0 Å². The molecule has 0 aromatic heterocycles. The van der Waals surface area contributed by atoms with Crippen LogP contribution in [0.2, 0.25) is 0 Å². The van der Waals surface area contributed by atoms with E-state index in [-0.39, 0.29) is 5.91 Å². The van der Waals surface area contributed by atoms with Crippen LogP contribution in [0.15, 0.2) is 52.5 Å². The number of anilines is 1. The fraction of sp³-hybridized carbons (Fsp3) is 0.360. The van der Waals surface area contributed by atoms with Crippen molar-refractivity contribution in [1.82, 2.24) is 5.01 Å². The minimum absolute atomic E-state index is 0.169. The van der Waals surface area contributed by atoms with Gasteiger partial charge in [0.2, 0.25) is 5.17 Å². The van der Waals surface area contributed by atoms with Gasteiger partial charge in [-0.1, -0.05) is 43.0 Å². The van der Waals surface area contributed by atoms with Gasteiger partial charge >= 0.3 is 0 Å². The summed E-state index contributed by atoms with van der Waals surface area (Å²) < 4.78 is 0. The quantitative estimate of drug-likeness (QED) is 0.162. The Morgan fingerprint density at radius 3 is 2.11 bits per heavy atom. The first-order valence-corrected chi connectivity index (χ1v) is 11.9. The van der Waals surface area contributed by atoms with Gasteiger partial charge in [0.05, 0.1) is 5.56 Å². The second-order valence-electron chi connectivity index (χ2n) is 7.54. The number of nitrogens with one attached hydrogen (secondary N) is 1. The van der Waals surface area contributed by atoms with Gasteiger partial charge in [0.1, 0.15) is 13.6 Å². The standard InChI is InChI=1S/C22H29N5OS.CH5N.2CH2O/c1-15-8-13-20(29-22(26-23)27(2)24)19(14-15)21(28)25-18-11-9-17(10-12-18)16-6-4-3-5-7-16;3*1-2/h8-14,16H,3-7,23-24H2,1-2H3,(H,25,28);2H2,1H3;2*1H2/b26-22+;;;. The number of amides is 1. The highest BCUT2D eigenvalue weighted by Crippen LogP contribution is 2.33. The summed E-state index contributed by atoms with van der Waals surface area (Å²) in [5, 5.41) is 8.45. The van der Waals surface area contributed by atoms with E-state index in [9.17, 15) is 4.79 Å². The number of aryl methyl sites for hydroxylation is 1. The Kier molecular flexibility index (Phi) is 16.5. The number of nitrogens with two attached hydrogens (primary N) is 3. The van der Waals surface area contributed by atoms with Crippen LogP contribution in [0.1, 0.15) is 59.5 Å². The van der Waals surface area contributed by atoms with Crippen molar-refractivity contribution >= 4 is 42.1 Å². The van der Waals surface area contributed by atoms with Gasteiger partial charge in [0, 0.05) is 17.6 Å². The molecule has 2 aromatic carbocycles. The van der Waals surface area contributed by atoms with Crippen LogP contribution in [-0.2, 0) is 9.59 Å². The van der Waals surface area contributed by atoms with Gasteiger partial charge in [0.25, 0.3) is 5.91 Å². The van der Waals surface area contributed by atoms with E-state index in [0.717, 1.165) is 16.1 Å². The molecule has 0 saturated heterocycles. The molecule has 0 spiro atoms. The molecule has 10 heteroatoms. The lowest BCUT2D eigenvalue weighted by Crippen LogP contribution is -2.32. The van der Waals surface area contributed by atoms with E-state index in [1.807, 2.05) is 50.8 Å². The summed E-state index contributed by atoms with van der Waals surface area (Å²) in [7, 11) is 3.15. The number of rotatable bonds is 4. The fourth-order valence-corrected chi connectivity index (χ4v) is 4.46. The third kappa shape index (κ3) is 10.3. The molecule has 9 nitrogen and oxygen atoms in total. The molecule has 192 valence electrons. The lowest BCUT2D eigenvalue weighted by Gasteiger charge is -2.22. The van der Waals surface area contributed by atoms with E-state index >= 15 is 0 Å². The molecule has 0 unspecified atom stereocenters. The Balaban J connectivity index is 0.00000179. The van der Waals surface area contributed by atoms with Gasteiger partial charge in [-0.25, -0.2) is 5.84 Å². The number of hydrazone groups is 1. The molecular weight excluding hydrogens is 464 g/mol. The smallest absolute Gasteiger partial charge is 0.256 e. The minimum atomic E-state index is -0.169. The summed E-state index contributed by atoms with van der Waals surface area (Å²) in [5.41, 5.74) is 8.22. The number of hydrogen-bond acceptors (Lipinski definition) is 8. The summed E-state index contributed by atoms with van der Waals surface area (Å²) >= 11 is 1.26. The van der Waals surface area contributed by atoms with Crippen LogP contribution in [0.25, 0.3) is 0 Å². The highest BCUT2D eigenvalue weighted by atomic mass is 32.2. The summed E-state index contributed by atoms with van der Waals surface area (Å²) in [6, 6.07) is 14.0. The molecule has 0 bridgehead atoms. The maximum absolute atomic E-state index is 13.0. The monoisotopic (exact) mass is 502 g/mol. The Labute approximate surface area is 212 Å². The van der Waals surface area contributed by atoms with E-state index in [0.29, 0.717) is 16.6 Å². The van der Waals surface area contributed by atoms with E-state index in [2.05, 4.69) is 28.3 Å². The molecule has 1 aliphatic carbocycles. The average Bonchev–Trinajstić information content (AvgIpc) is 2.92. The number of hydrazine groups is 1. The maximum Gasteiger partial charge on any atom is 0.256 e. The molecule has 1 amide bonds. The predicted molar refractivity (Wildman–Crippen MR) is 145 cm³/mol. The Bertz CT molecular complexity index is 914. The third-order valence-corrected chi connectivity index (χ3v) is 6.39. The van der Waals surface area contributed by atoms with Gasteiger partial charge in [-0.2, -0.15) is 5.10 Å². The molecule has 7 N–H and O–H groups in total. The van der Waals surface area contributed by atoms with Gasteiger partial charge in [-0.3, -0.25) is 9.80 Å². The molecule has 2 aromatic rings. The van der Waals surface area contributed by atoms with E-state index in [1.54, 1.807) is 7.05 Å². The van der Waals surface area contributed by atoms with Gasteiger partial charge < -0.3 is 26.5 Å². The lowest BCUT2D eigenvalue weighted by molar-refractivity contribution is -0.0987. The Morgan fingerprint density at radius 2 is 1.60 bits per heavy atom. The minimum Gasteiger partial charge on any atom is -0.333 e. The van der Waals surface area contributed by atoms with Crippen LogP contribution in [0.5, 0.6) is 0 Å². The van der Waals surface area contributed by atoms with E-state index in [1.165, 1.54) is 61.5 Å². The molecule has 0 heterocycles. The zero-order valence-corrected chi connectivity index (χ0v) is 21.6. The van der Waals surface area contributed by atoms with Crippen LogP contribution in [0, 0.1) is 6.92 Å². The average molecular weight is 503 g/mol. The Hall–Kier alpha value is -3.21. The molecule has 0 aliphatic heterocycles. The summed E-state index contributed by atoms with van der Waals surface area (Å²) in [6.07, 6.45) is 6.48. The van der Waals surface area contributed by atoms with Crippen molar-refractivity contribution in [3.8, 4) is 0 Å². The predicted octanol–water partition coefficient (Wildman–Crippen LogP) is 3.63. The van der Waals surface area contributed by atoms with Crippen LogP contribution >= 0.6 is 11.8 Å². The van der Waals surface area contributed by atoms with Crippen molar-refractivity contribution in [2.75, 3.05) is 19.4 Å². The number of carbonyl (C=O) groups is 3. The van der Waals surface area contributed by atoms with E-state index < -0.39 is 0 Å².